The maximum absolute atomic E-state index is 12.9. The number of nitriles is 2. The van der Waals surface area contributed by atoms with Crippen molar-refractivity contribution in [1.82, 2.24) is 9.55 Å². The normalized spacial score (nSPS) is 16.7. The summed E-state index contributed by atoms with van der Waals surface area (Å²) in [5.41, 5.74) is 1.91. The molecule has 1 aromatic carbocycles. The molecule has 1 spiro atoms. The van der Waals surface area contributed by atoms with Crippen LogP contribution in [0.4, 0.5) is 24.5 Å². The van der Waals surface area contributed by atoms with Crippen molar-refractivity contribution in [2.75, 3.05) is 36.0 Å². The minimum absolute atomic E-state index is 0.00364. The van der Waals surface area contributed by atoms with Crippen molar-refractivity contribution in [1.29, 1.82) is 10.5 Å². The first-order valence-corrected chi connectivity index (χ1v) is 10.8. The third-order valence-corrected chi connectivity index (χ3v) is 6.68. The first-order chi connectivity index (χ1) is 16.6. The average Bonchev–Trinajstić information content (AvgIpc) is 3.25. The van der Waals surface area contributed by atoms with Gasteiger partial charge in [0.25, 0.3) is 5.56 Å². The molecule has 2 aliphatic heterocycles. The highest BCUT2D eigenvalue weighted by molar-refractivity contribution is 5.92. The van der Waals surface area contributed by atoms with Crippen molar-refractivity contribution in [2.45, 2.75) is 12.8 Å². The molecule has 178 valence electrons. The van der Waals surface area contributed by atoms with E-state index >= 15 is 0 Å². The van der Waals surface area contributed by atoms with Crippen LogP contribution in [0.25, 0.3) is 11.0 Å². The molecule has 2 aromatic heterocycles. The van der Waals surface area contributed by atoms with Gasteiger partial charge in [0.05, 0.1) is 11.2 Å². The highest BCUT2D eigenvalue weighted by Crippen LogP contribution is 2.44. The van der Waals surface area contributed by atoms with Gasteiger partial charge in [0, 0.05) is 44.3 Å². The number of benzene rings is 1. The molecule has 0 amide bonds. The number of hydrogen-bond acceptors (Lipinski definition) is 7. The zero-order valence-corrected chi connectivity index (χ0v) is 18.6. The van der Waals surface area contributed by atoms with Gasteiger partial charge in [0.2, 0.25) is 0 Å². The van der Waals surface area contributed by atoms with E-state index in [0.29, 0.717) is 42.9 Å². The second-order valence-electron chi connectivity index (χ2n) is 8.94. The van der Waals surface area contributed by atoms with Crippen LogP contribution in [0, 0.1) is 28.1 Å². The van der Waals surface area contributed by atoms with Crippen LogP contribution in [0.2, 0.25) is 0 Å². The Morgan fingerprint density at radius 2 is 1.71 bits per heavy atom. The maximum Gasteiger partial charge on any atom is 0.573 e. The first-order valence-electron chi connectivity index (χ1n) is 10.8. The number of aromatic nitrogens is 2. The van der Waals surface area contributed by atoms with Gasteiger partial charge >= 0.3 is 6.36 Å². The Bertz CT molecular complexity index is 1460. The largest absolute Gasteiger partial charge is 0.573 e. The number of pyridine rings is 2. The van der Waals surface area contributed by atoms with Crippen molar-refractivity contribution in [3.63, 3.8) is 0 Å². The summed E-state index contributed by atoms with van der Waals surface area (Å²) in [5.74, 6) is -0.269. The summed E-state index contributed by atoms with van der Waals surface area (Å²) in [6.07, 6.45) is -3.92. The van der Waals surface area contributed by atoms with Crippen LogP contribution in [0.1, 0.15) is 17.7 Å². The molecule has 4 heterocycles. The zero-order chi connectivity index (χ0) is 25.0. The molecular weight excluding hydrogens is 461 g/mol. The molecule has 8 nitrogen and oxygen atoms in total. The van der Waals surface area contributed by atoms with Crippen LogP contribution in [0.3, 0.4) is 0 Å². The van der Waals surface area contributed by atoms with E-state index in [-0.39, 0.29) is 22.4 Å². The highest BCUT2D eigenvalue weighted by Gasteiger charge is 2.48. The molecule has 3 aromatic rings. The highest BCUT2D eigenvalue weighted by atomic mass is 19.4. The molecule has 0 atom stereocenters. The summed E-state index contributed by atoms with van der Waals surface area (Å²) >= 11 is 0. The van der Waals surface area contributed by atoms with Gasteiger partial charge < -0.3 is 19.1 Å². The number of rotatable bonds is 3. The maximum atomic E-state index is 12.9. The number of ether oxygens (including phenoxy) is 1. The number of alkyl halides is 3. The third kappa shape index (κ3) is 3.89. The van der Waals surface area contributed by atoms with E-state index in [1.54, 1.807) is 25.2 Å². The zero-order valence-electron chi connectivity index (χ0n) is 18.6. The van der Waals surface area contributed by atoms with E-state index in [4.69, 9.17) is 0 Å². The molecule has 2 fully saturated rings. The first kappa shape index (κ1) is 22.5. The molecule has 0 aliphatic carbocycles. The minimum atomic E-state index is -4.73. The van der Waals surface area contributed by atoms with E-state index in [9.17, 15) is 28.5 Å². The van der Waals surface area contributed by atoms with E-state index in [0.717, 1.165) is 12.1 Å². The summed E-state index contributed by atoms with van der Waals surface area (Å²) in [7, 11) is 1.57. The number of halogens is 3. The van der Waals surface area contributed by atoms with Crippen LogP contribution in [-0.4, -0.2) is 42.1 Å². The predicted molar refractivity (Wildman–Crippen MR) is 121 cm³/mol. The molecule has 2 saturated heterocycles. The van der Waals surface area contributed by atoms with Crippen molar-refractivity contribution in [3.8, 4) is 17.9 Å². The lowest BCUT2D eigenvalue weighted by atomic mass is 9.78. The fraction of sp³-hybridized carbons (Fsp3) is 0.333. The average molecular weight is 480 g/mol. The number of aryl methyl sites for hydroxylation is 1. The Hall–Kier alpha value is -4.25. The summed E-state index contributed by atoms with van der Waals surface area (Å²) < 4.78 is 42.5. The van der Waals surface area contributed by atoms with Crippen LogP contribution >= 0.6 is 0 Å². The summed E-state index contributed by atoms with van der Waals surface area (Å²) in [5, 5.41) is 19.1. The molecule has 0 unspecified atom stereocenters. The SMILES string of the molecule is Cn1c(=O)c(C#N)c(N2CCC3(CN(c4ccc(OC(F)(F)F)cc4)C3)C2)c2nc(C#N)ccc21. The monoisotopic (exact) mass is 480 g/mol. The molecule has 0 N–H and O–H groups in total. The van der Waals surface area contributed by atoms with Crippen LogP contribution in [-0.2, 0) is 7.05 Å². The Morgan fingerprint density at radius 3 is 2.34 bits per heavy atom. The fourth-order valence-corrected chi connectivity index (χ4v) is 5.05. The van der Waals surface area contributed by atoms with Crippen LogP contribution < -0.4 is 20.1 Å². The number of anilines is 2. The van der Waals surface area contributed by atoms with Crippen molar-refractivity contribution in [3.05, 3.63) is 58.0 Å². The number of fused-ring (bicyclic) bond motifs is 1. The lowest BCUT2D eigenvalue weighted by molar-refractivity contribution is -0.274. The fourth-order valence-electron chi connectivity index (χ4n) is 5.05. The number of hydrogen-bond donors (Lipinski definition) is 0. The molecule has 0 radical (unpaired) electrons. The molecule has 5 rings (SSSR count). The Morgan fingerprint density at radius 1 is 1.03 bits per heavy atom. The van der Waals surface area contributed by atoms with Gasteiger partial charge in [-0.15, -0.1) is 13.2 Å². The molecule has 2 aliphatic rings. The van der Waals surface area contributed by atoms with E-state index in [1.165, 1.54) is 22.8 Å². The Labute approximate surface area is 198 Å². The van der Waals surface area contributed by atoms with Gasteiger partial charge in [0.1, 0.15) is 34.7 Å². The van der Waals surface area contributed by atoms with Gasteiger partial charge in [-0.25, -0.2) is 4.98 Å². The third-order valence-electron chi connectivity index (χ3n) is 6.68. The molecule has 35 heavy (non-hydrogen) atoms. The quantitative estimate of drug-likeness (QED) is 0.567. The number of nitrogens with zero attached hydrogens (tertiary/aromatic N) is 6. The van der Waals surface area contributed by atoms with E-state index in [2.05, 4.69) is 14.6 Å². The Balaban J connectivity index is 1.40. The molecule has 11 heteroatoms. The minimum Gasteiger partial charge on any atom is -0.406 e. The second-order valence-corrected chi connectivity index (χ2v) is 8.94. The van der Waals surface area contributed by atoms with Crippen LogP contribution in [0.15, 0.2) is 41.2 Å². The van der Waals surface area contributed by atoms with Gasteiger partial charge in [-0.3, -0.25) is 4.79 Å². The second kappa shape index (κ2) is 7.91. The molecule has 0 bridgehead atoms. The van der Waals surface area contributed by atoms with Crippen LogP contribution in [0.5, 0.6) is 5.75 Å². The summed E-state index contributed by atoms with van der Waals surface area (Å²) in [6, 6.07) is 13.0. The molecule has 0 saturated carbocycles. The van der Waals surface area contributed by atoms with Gasteiger partial charge in [-0.1, -0.05) is 0 Å². The molecular formula is C24H19F3N6O2. The van der Waals surface area contributed by atoms with Crippen molar-refractivity contribution in [2.24, 2.45) is 12.5 Å². The summed E-state index contributed by atoms with van der Waals surface area (Å²) in [6.45, 7) is 2.57. The van der Waals surface area contributed by atoms with Gasteiger partial charge in [-0.05, 0) is 42.8 Å². The lowest BCUT2D eigenvalue weighted by Crippen LogP contribution is -2.57. The van der Waals surface area contributed by atoms with E-state index in [1.807, 2.05) is 17.0 Å². The standard InChI is InChI=1S/C24H19F3N6O2/c1-31-19-7-2-15(10-28)30-20(19)21(18(11-29)22(31)34)32-9-8-23(12-32)13-33(14-23)16-3-5-17(6-4-16)35-24(25,26)27/h2-7H,8-9,12-14H2,1H3. The predicted octanol–water partition coefficient (Wildman–Crippen LogP) is 3.29. The van der Waals surface area contributed by atoms with Crippen molar-refractivity contribution >= 4 is 22.4 Å². The summed E-state index contributed by atoms with van der Waals surface area (Å²) in [4.78, 5) is 21.4. The Kier molecular flexibility index (Phi) is 5.09. The van der Waals surface area contributed by atoms with Crippen molar-refractivity contribution < 1.29 is 17.9 Å². The lowest BCUT2D eigenvalue weighted by Gasteiger charge is -2.49. The van der Waals surface area contributed by atoms with E-state index < -0.39 is 11.9 Å². The van der Waals surface area contributed by atoms with Gasteiger partial charge in [-0.2, -0.15) is 10.5 Å². The van der Waals surface area contributed by atoms with Gasteiger partial charge in [0.15, 0.2) is 0 Å². The topological polar surface area (TPSA) is 98.2 Å². The smallest absolute Gasteiger partial charge is 0.406 e.